The normalized spacial score (nSPS) is 10.9. The Morgan fingerprint density at radius 3 is 2.67 bits per heavy atom. The van der Waals surface area contributed by atoms with E-state index < -0.39 is 5.97 Å². The second kappa shape index (κ2) is 4.89. The van der Waals surface area contributed by atoms with Crippen molar-refractivity contribution in [2.24, 2.45) is 0 Å². The van der Waals surface area contributed by atoms with Gasteiger partial charge >= 0.3 is 5.97 Å². The number of halogens is 1. The molecule has 94 valence electrons. The molecule has 2 aromatic rings. The minimum absolute atomic E-state index is 0.155. The molecule has 0 radical (unpaired) electrons. The molecule has 2 rings (SSSR count). The van der Waals surface area contributed by atoms with Crippen molar-refractivity contribution in [1.82, 2.24) is 14.8 Å². The van der Waals surface area contributed by atoms with Crippen molar-refractivity contribution in [3.8, 4) is 5.82 Å². The third-order valence-electron chi connectivity index (χ3n) is 2.46. The van der Waals surface area contributed by atoms with Gasteiger partial charge in [-0.3, -0.25) is 0 Å². The highest BCUT2D eigenvalue weighted by Gasteiger charge is 2.12. The molecule has 0 saturated heterocycles. The number of carboxylic acids is 1. The fourth-order valence-corrected chi connectivity index (χ4v) is 1.79. The number of carboxylic acid groups (broad SMARTS) is 1. The molecule has 0 aliphatic rings. The van der Waals surface area contributed by atoms with Crippen LogP contribution in [0.1, 0.15) is 35.8 Å². The van der Waals surface area contributed by atoms with Crippen molar-refractivity contribution in [2.45, 2.75) is 19.8 Å². The summed E-state index contributed by atoms with van der Waals surface area (Å²) in [7, 11) is 0. The van der Waals surface area contributed by atoms with Crippen LogP contribution in [0.5, 0.6) is 0 Å². The van der Waals surface area contributed by atoms with Crippen LogP contribution >= 0.6 is 15.9 Å². The molecule has 0 aromatic carbocycles. The van der Waals surface area contributed by atoms with E-state index in [1.807, 2.05) is 13.8 Å². The van der Waals surface area contributed by atoms with Gasteiger partial charge in [-0.2, -0.15) is 5.10 Å². The first-order valence-electron chi connectivity index (χ1n) is 5.43. The van der Waals surface area contributed by atoms with Gasteiger partial charge in [0.15, 0.2) is 5.82 Å². The largest absolute Gasteiger partial charge is 0.478 e. The summed E-state index contributed by atoms with van der Waals surface area (Å²) in [6.45, 7) is 3.94. The highest BCUT2D eigenvalue weighted by atomic mass is 79.9. The van der Waals surface area contributed by atoms with Gasteiger partial charge < -0.3 is 5.11 Å². The molecule has 0 unspecified atom stereocenters. The van der Waals surface area contributed by atoms with E-state index in [0.29, 0.717) is 5.82 Å². The van der Waals surface area contributed by atoms with Gasteiger partial charge in [-0.25, -0.2) is 14.5 Å². The summed E-state index contributed by atoms with van der Waals surface area (Å²) in [4.78, 5) is 15.5. The third-order valence-corrected chi connectivity index (χ3v) is 2.87. The average Bonchev–Trinajstić information content (AvgIpc) is 2.75. The number of hydrogen-bond acceptors (Lipinski definition) is 3. The van der Waals surface area contributed by atoms with Crippen LogP contribution in [0.25, 0.3) is 5.82 Å². The second-order valence-electron chi connectivity index (χ2n) is 4.20. The van der Waals surface area contributed by atoms with Gasteiger partial charge in [0.05, 0.1) is 16.2 Å². The second-order valence-corrected chi connectivity index (χ2v) is 5.12. The van der Waals surface area contributed by atoms with Gasteiger partial charge in [-0.1, -0.05) is 13.8 Å². The van der Waals surface area contributed by atoms with Gasteiger partial charge in [-0.05, 0) is 34.0 Å². The molecule has 0 amide bonds. The van der Waals surface area contributed by atoms with Crippen molar-refractivity contribution in [3.63, 3.8) is 0 Å². The standard InChI is InChI=1S/C12H12BrN3O2/c1-7(2)10-3-8(12(17)18)4-11(15-10)16-6-9(13)5-14-16/h3-7H,1-2H3,(H,17,18). The lowest BCUT2D eigenvalue weighted by Gasteiger charge is -2.09. The van der Waals surface area contributed by atoms with Crippen LogP contribution in [0.4, 0.5) is 0 Å². The summed E-state index contributed by atoms with van der Waals surface area (Å²) in [5.41, 5.74) is 0.951. The molecule has 2 aromatic heterocycles. The Balaban J connectivity index is 2.56. The van der Waals surface area contributed by atoms with Gasteiger partial charge in [-0.15, -0.1) is 0 Å². The Morgan fingerprint density at radius 2 is 2.17 bits per heavy atom. The van der Waals surface area contributed by atoms with E-state index in [4.69, 9.17) is 5.11 Å². The molecule has 6 heteroatoms. The van der Waals surface area contributed by atoms with Crippen LogP contribution in [0.3, 0.4) is 0 Å². The molecular formula is C12H12BrN3O2. The van der Waals surface area contributed by atoms with Gasteiger partial charge in [0.2, 0.25) is 0 Å². The van der Waals surface area contributed by atoms with Gasteiger partial charge in [0.25, 0.3) is 0 Å². The van der Waals surface area contributed by atoms with E-state index in [2.05, 4.69) is 26.0 Å². The Kier molecular flexibility index (Phi) is 3.47. The first-order chi connectivity index (χ1) is 8.47. The predicted molar refractivity (Wildman–Crippen MR) is 70.1 cm³/mol. The minimum atomic E-state index is -0.966. The van der Waals surface area contributed by atoms with Crippen molar-refractivity contribution in [3.05, 3.63) is 40.3 Å². The monoisotopic (exact) mass is 309 g/mol. The van der Waals surface area contributed by atoms with E-state index in [9.17, 15) is 4.79 Å². The molecule has 1 N–H and O–H groups in total. The quantitative estimate of drug-likeness (QED) is 0.946. The van der Waals surface area contributed by atoms with E-state index >= 15 is 0 Å². The summed E-state index contributed by atoms with van der Waals surface area (Å²) in [6, 6.07) is 3.10. The Labute approximate surface area is 113 Å². The molecule has 0 atom stereocenters. The molecular weight excluding hydrogens is 298 g/mol. The smallest absolute Gasteiger partial charge is 0.335 e. The molecule has 0 bridgehead atoms. The zero-order valence-electron chi connectivity index (χ0n) is 9.96. The SMILES string of the molecule is CC(C)c1cc(C(=O)O)cc(-n2cc(Br)cn2)n1. The zero-order valence-corrected chi connectivity index (χ0v) is 11.5. The lowest BCUT2D eigenvalue weighted by atomic mass is 10.1. The summed E-state index contributed by atoms with van der Waals surface area (Å²) >= 11 is 3.30. The van der Waals surface area contributed by atoms with E-state index in [0.717, 1.165) is 10.2 Å². The highest BCUT2D eigenvalue weighted by Crippen LogP contribution is 2.18. The first-order valence-corrected chi connectivity index (χ1v) is 6.22. The van der Waals surface area contributed by atoms with E-state index in [-0.39, 0.29) is 11.5 Å². The van der Waals surface area contributed by atoms with E-state index in [1.165, 1.54) is 6.07 Å². The maximum absolute atomic E-state index is 11.1. The summed E-state index contributed by atoms with van der Waals surface area (Å²) in [6.07, 6.45) is 3.36. The minimum Gasteiger partial charge on any atom is -0.478 e. The fraction of sp³-hybridized carbons (Fsp3) is 0.250. The van der Waals surface area contributed by atoms with Crippen LogP contribution in [-0.2, 0) is 0 Å². The maximum atomic E-state index is 11.1. The molecule has 0 saturated carbocycles. The predicted octanol–water partition coefficient (Wildman–Crippen LogP) is 2.85. The van der Waals surface area contributed by atoms with Crippen LogP contribution in [0.15, 0.2) is 29.0 Å². The van der Waals surface area contributed by atoms with Crippen LogP contribution < -0.4 is 0 Å². The van der Waals surface area contributed by atoms with Crippen LogP contribution in [0.2, 0.25) is 0 Å². The molecule has 2 heterocycles. The molecule has 5 nitrogen and oxygen atoms in total. The molecule has 0 spiro atoms. The topological polar surface area (TPSA) is 68.0 Å². The Hall–Kier alpha value is -1.69. The summed E-state index contributed by atoms with van der Waals surface area (Å²) in [5.74, 6) is -0.307. The first kappa shape index (κ1) is 12.8. The van der Waals surface area contributed by atoms with Gasteiger partial charge in [0.1, 0.15) is 0 Å². The van der Waals surface area contributed by atoms with Crippen molar-refractivity contribution in [1.29, 1.82) is 0 Å². The molecule has 0 aliphatic carbocycles. The average molecular weight is 310 g/mol. The van der Waals surface area contributed by atoms with Crippen molar-refractivity contribution in [2.75, 3.05) is 0 Å². The number of rotatable bonds is 3. The fourth-order valence-electron chi connectivity index (χ4n) is 1.50. The highest BCUT2D eigenvalue weighted by molar-refractivity contribution is 9.10. The Morgan fingerprint density at radius 1 is 1.44 bits per heavy atom. The number of aromatic nitrogens is 3. The number of carbonyl (C=O) groups is 1. The van der Waals surface area contributed by atoms with Crippen LogP contribution in [0, 0.1) is 0 Å². The number of pyridine rings is 1. The Bertz CT molecular complexity index is 593. The van der Waals surface area contributed by atoms with Crippen molar-refractivity contribution < 1.29 is 9.90 Å². The maximum Gasteiger partial charge on any atom is 0.335 e. The summed E-state index contributed by atoms with van der Waals surface area (Å²) in [5, 5.41) is 13.2. The molecule has 18 heavy (non-hydrogen) atoms. The summed E-state index contributed by atoms with van der Waals surface area (Å²) < 4.78 is 2.36. The van der Waals surface area contributed by atoms with Crippen molar-refractivity contribution >= 4 is 21.9 Å². The lowest BCUT2D eigenvalue weighted by molar-refractivity contribution is 0.0696. The number of aromatic carboxylic acids is 1. The zero-order chi connectivity index (χ0) is 13.3. The number of hydrogen-bond donors (Lipinski definition) is 1. The lowest BCUT2D eigenvalue weighted by Crippen LogP contribution is -2.07. The molecule has 0 fully saturated rings. The van der Waals surface area contributed by atoms with Crippen LogP contribution in [-0.4, -0.2) is 25.8 Å². The third kappa shape index (κ3) is 2.59. The van der Waals surface area contributed by atoms with Gasteiger partial charge in [0, 0.05) is 11.9 Å². The molecule has 0 aliphatic heterocycles. The van der Waals surface area contributed by atoms with E-state index in [1.54, 1.807) is 23.1 Å². The number of nitrogens with zero attached hydrogens (tertiary/aromatic N) is 3.